The summed E-state index contributed by atoms with van der Waals surface area (Å²) in [6.45, 7) is 0. The van der Waals surface area contributed by atoms with Gasteiger partial charge < -0.3 is 0 Å². The molecule has 20 heavy (non-hydrogen) atoms. The van der Waals surface area contributed by atoms with E-state index in [2.05, 4.69) is 20.7 Å². The summed E-state index contributed by atoms with van der Waals surface area (Å²) in [5.41, 5.74) is 0.242. The third-order valence-electron chi connectivity index (χ3n) is 3.12. The van der Waals surface area contributed by atoms with Gasteiger partial charge in [-0.15, -0.1) is 0 Å². The van der Waals surface area contributed by atoms with Crippen LogP contribution in [0.15, 0.2) is 22.7 Å². The molecular formula is C11H13BrFNO4S2. The molecule has 0 bridgehead atoms. The van der Waals surface area contributed by atoms with Crippen molar-refractivity contribution in [3.05, 3.63) is 28.5 Å². The van der Waals surface area contributed by atoms with E-state index in [4.69, 9.17) is 0 Å². The van der Waals surface area contributed by atoms with Gasteiger partial charge in [-0.1, -0.05) is 0 Å². The predicted octanol–water partition coefficient (Wildman–Crippen LogP) is 1.91. The van der Waals surface area contributed by atoms with E-state index in [0.29, 0.717) is 0 Å². The van der Waals surface area contributed by atoms with Gasteiger partial charge in [0.15, 0.2) is 0 Å². The van der Waals surface area contributed by atoms with Crippen molar-refractivity contribution in [2.24, 2.45) is 0 Å². The van der Waals surface area contributed by atoms with Crippen LogP contribution in [0.2, 0.25) is 0 Å². The fourth-order valence-electron chi connectivity index (χ4n) is 1.99. The maximum absolute atomic E-state index is 13.1. The Hall–Kier alpha value is -0.670. The van der Waals surface area contributed by atoms with E-state index in [1.54, 1.807) is 0 Å². The number of rotatable bonds is 3. The minimum Gasteiger partial charge on any atom is -0.283 e. The molecular weight excluding hydrogens is 373 g/mol. The first-order chi connectivity index (χ1) is 9.20. The Morgan fingerprint density at radius 3 is 2.40 bits per heavy atom. The van der Waals surface area contributed by atoms with Gasteiger partial charge in [0.05, 0.1) is 21.2 Å². The van der Waals surface area contributed by atoms with E-state index in [-0.39, 0.29) is 34.5 Å². The van der Waals surface area contributed by atoms with Gasteiger partial charge in [-0.05, 0) is 47.0 Å². The summed E-state index contributed by atoms with van der Waals surface area (Å²) in [4.78, 5) is 0. The normalized spacial score (nSPS) is 19.7. The molecule has 112 valence electrons. The third kappa shape index (κ3) is 3.70. The van der Waals surface area contributed by atoms with Gasteiger partial charge in [0.1, 0.15) is 15.7 Å². The van der Waals surface area contributed by atoms with Crippen LogP contribution in [0.25, 0.3) is 0 Å². The molecule has 0 spiro atoms. The smallest absolute Gasteiger partial charge is 0.235 e. The van der Waals surface area contributed by atoms with Gasteiger partial charge >= 0.3 is 0 Å². The number of hydrogen-bond acceptors (Lipinski definition) is 4. The Balaban J connectivity index is 2.13. The van der Waals surface area contributed by atoms with E-state index in [1.807, 2.05) is 0 Å². The lowest BCUT2D eigenvalue weighted by Crippen LogP contribution is -2.36. The number of anilines is 1. The molecule has 1 heterocycles. The van der Waals surface area contributed by atoms with Gasteiger partial charge in [-0.3, -0.25) is 4.72 Å². The molecule has 1 N–H and O–H groups in total. The SMILES string of the molecule is O=S1(=O)CCC(S(=O)(=O)Nc2ccc(F)c(Br)c2)CC1. The van der Waals surface area contributed by atoms with Crippen LogP contribution >= 0.6 is 15.9 Å². The first kappa shape index (κ1) is 15.7. The zero-order valence-corrected chi connectivity index (χ0v) is 13.6. The van der Waals surface area contributed by atoms with Gasteiger partial charge in [-0.2, -0.15) is 0 Å². The lowest BCUT2D eigenvalue weighted by molar-refractivity contribution is 0.555. The standard InChI is InChI=1S/C11H13BrFNO4S2/c12-10-7-8(1-2-11(10)13)14-20(17,18)9-3-5-19(15,16)6-4-9/h1-2,7,9,14H,3-6H2. The molecule has 1 aliphatic heterocycles. The number of sulfone groups is 1. The van der Waals surface area contributed by atoms with Gasteiger partial charge in [0, 0.05) is 5.69 Å². The Kier molecular flexibility index (Phi) is 4.41. The Labute approximate surface area is 125 Å². The van der Waals surface area contributed by atoms with E-state index >= 15 is 0 Å². The molecule has 1 aliphatic rings. The summed E-state index contributed by atoms with van der Waals surface area (Å²) in [5, 5.41) is -0.741. The van der Waals surface area contributed by atoms with Crippen LogP contribution in [0, 0.1) is 5.82 Å². The van der Waals surface area contributed by atoms with Crippen LogP contribution in [0.5, 0.6) is 0 Å². The average molecular weight is 386 g/mol. The maximum atomic E-state index is 13.1. The first-order valence-corrected chi connectivity index (χ1v) is 10.0. The second-order valence-electron chi connectivity index (χ2n) is 4.63. The number of nitrogens with one attached hydrogen (secondary N) is 1. The molecule has 0 aliphatic carbocycles. The van der Waals surface area contributed by atoms with Crippen LogP contribution < -0.4 is 4.72 Å². The second kappa shape index (κ2) is 5.61. The molecule has 9 heteroatoms. The largest absolute Gasteiger partial charge is 0.283 e. The van der Waals surface area contributed by atoms with Crippen LogP contribution in [0.3, 0.4) is 0 Å². The number of hydrogen-bond donors (Lipinski definition) is 1. The second-order valence-corrected chi connectivity index (χ2v) is 9.75. The molecule has 0 amide bonds. The number of halogens is 2. The maximum Gasteiger partial charge on any atom is 0.235 e. The van der Waals surface area contributed by atoms with Gasteiger partial charge in [0.25, 0.3) is 0 Å². The summed E-state index contributed by atoms with van der Waals surface area (Å²) in [6.07, 6.45) is 0.167. The summed E-state index contributed by atoms with van der Waals surface area (Å²) < 4.78 is 62.5. The molecule has 1 saturated heterocycles. The van der Waals surface area contributed by atoms with Gasteiger partial charge in [0.2, 0.25) is 10.0 Å². The third-order valence-corrected chi connectivity index (χ3v) is 7.31. The first-order valence-electron chi connectivity index (χ1n) is 5.87. The van der Waals surface area contributed by atoms with Crippen LogP contribution in [-0.2, 0) is 19.9 Å². The number of benzene rings is 1. The van der Waals surface area contributed by atoms with Crippen molar-refractivity contribution >= 4 is 41.5 Å². The quantitative estimate of drug-likeness (QED) is 0.861. The minimum absolute atomic E-state index is 0.0834. The molecule has 1 aromatic rings. The predicted molar refractivity (Wildman–Crippen MR) is 78.3 cm³/mol. The molecule has 1 fully saturated rings. The lowest BCUT2D eigenvalue weighted by atomic mass is 10.2. The lowest BCUT2D eigenvalue weighted by Gasteiger charge is -2.22. The van der Waals surface area contributed by atoms with Crippen molar-refractivity contribution in [3.63, 3.8) is 0 Å². The highest BCUT2D eigenvalue weighted by atomic mass is 79.9. The van der Waals surface area contributed by atoms with Crippen LogP contribution in [0.4, 0.5) is 10.1 Å². The minimum atomic E-state index is -3.67. The van der Waals surface area contributed by atoms with Gasteiger partial charge in [-0.25, -0.2) is 21.2 Å². The monoisotopic (exact) mass is 385 g/mol. The van der Waals surface area contributed by atoms with Crippen molar-refractivity contribution in [3.8, 4) is 0 Å². The van der Waals surface area contributed by atoms with E-state index in [1.165, 1.54) is 12.1 Å². The number of sulfonamides is 1. The molecule has 5 nitrogen and oxygen atoms in total. The summed E-state index contributed by atoms with van der Waals surface area (Å²) in [5.74, 6) is -0.728. The fourth-order valence-corrected chi connectivity index (χ4v) is 5.63. The fraction of sp³-hybridized carbons (Fsp3) is 0.455. The molecule has 0 unspecified atom stereocenters. The molecule has 0 aromatic heterocycles. The highest BCUT2D eigenvalue weighted by Crippen LogP contribution is 2.24. The van der Waals surface area contributed by atoms with E-state index in [9.17, 15) is 21.2 Å². The van der Waals surface area contributed by atoms with Crippen molar-refractivity contribution in [2.45, 2.75) is 18.1 Å². The molecule has 0 saturated carbocycles. The van der Waals surface area contributed by atoms with E-state index in [0.717, 1.165) is 6.07 Å². The van der Waals surface area contributed by atoms with Crippen molar-refractivity contribution < 1.29 is 21.2 Å². The molecule has 0 radical (unpaired) electrons. The Morgan fingerprint density at radius 1 is 1.25 bits per heavy atom. The zero-order chi connectivity index (χ0) is 15.0. The highest BCUT2D eigenvalue weighted by molar-refractivity contribution is 9.10. The van der Waals surface area contributed by atoms with Crippen molar-refractivity contribution in [1.82, 2.24) is 0 Å². The zero-order valence-electron chi connectivity index (χ0n) is 10.3. The average Bonchev–Trinajstić information content (AvgIpc) is 2.33. The molecule has 2 rings (SSSR count). The highest BCUT2D eigenvalue weighted by Gasteiger charge is 2.32. The van der Waals surface area contributed by atoms with Crippen LogP contribution in [-0.4, -0.2) is 33.6 Å². The summed E-state index contributed by atoms with van der Waals surface area (Å²) >= 11 is 2.98. The van der Waals surface area contributed by atoms with Crippen molar-refractivity contribution in [2.75, 3.05) is 16.2 Å². The Morgan fingerprint density at radius 2 is 1.85 bits per heavy atom. The van der Waals surface area contributed by atoms with Crippen molar-refractivity contribution in [1.29, 1.82) is 0 Å². The van der Waals surface area contributed by atoms with Crippen LogP contribution in [0.1, 0.15) is 12.8 Å². The van der Waals surface area contributed by atoms with E-state index < -0.39 is 30.9 Å². The molecule has 0 atom stereocenters. The Bertz CT molecular complexity index is 704. The summed E-state index contributed by atoms with van der Waals surface area (Å²) in [7, 11) is -6.78. The molecule has 1 aromatic carbocycles. The topological polar surface area (TPSA) is 80.3 Å². The summed E-state index contributed by atoms with van der Waals surface area (Å²) in [6, 6.07) is 3.79.